The summed E-state index contributed by atoms with van der Waals surface area (Å²) in [6, 6.07) is 1.97. The zero-order valence-corrected chi connectivity index (χ0v) is 10.7. The van der Waals surface area contributed by atoms with Gasteiger partial charge in [0.1, 0.15) is 5.75 Å². The first-order valence-electron chi connectivity index (χ1n) is 5.92. The first-order valence-corrected chi connectivity index (χ1v) is 5.92. The topological polar surface area (TPSA) is 48.1 Å². The summed E-state index contributed by atoms with van der Waals surface area (Å²) in [7, 11) is 0. The zero-order valence-electron chi connectivity index (χ0n) is 10.7. The summed E-state index contributed by atoms with van der Waals surface area (Å²) in [4.78, 5) is 4.40. The standard InChI is InChI=1S/C13H22N2O/c1-5-6-10(3)16-13-7-9(2)15-11(4)12(13)8-14/h7,10H,5-6,8,14H2,1-4H3. The van der Waals surface area contributed by atoms with Crippen LogP contribution in [-0.4, -0.2) is 11.1 Å². The second kappa shape index (κ2) is 5.85. The molecule has 0 saturated carbocycles. The molecule has 0 aliphatic heterocycles. The highest BCUT2D eigenvalue weighted by Gasteiger charge is 2.11. The zero-order chi connectivity index (χ0) is 12.1. The van der Waals surface area contributed by atoms with E-state index < -0.39 is 0 Å². The number of aromatic nitrogens is 1. The van der Waals surface area contributed by atoms with Crippen LogP contribution in [0.25, 0.3) is 0 Å². The summed E-state index contributed by atoms with van der Waals surface area (Å²) >= 11 is 0. The van der Waals surface area contributed by atoms with Crippen molar-refractivity contribution in [3.8, 4) is 5.75 Å². The minimum atomic E-state index is 0.233. The molecule has 0 bridgehead atoms. The van der Waals surface area contributed by atoms with Crippen LogP contribution in [0.1, 0.15) is 43.6 Å². The first kappa shape index (κ1) is 13.0. The molecule has 0 saturated heterocycles. The maximum absolute atomic E-state index is 5.92. The van der Waals surface area contributed by atoms with Gasteiger partial charge in [0.15, 0.2) is 0 Å². The van der Waals surface area contributed by atoms with E-state index in [2.05, 4.69) is 18.8 Å². The number of pyridine rings is 1. The summed E-state index contributed by atoms with van der Waals surface area (Å²) < 4.78 is 5.92. The third kappa shape index (κ3) is 3.20. The molecule has 1 atom stereocenters. The van der Waals surface area contributed by atoms with Crippen molar-refractivity contribution >= 4 is 0 Å². The number of nitrogens with zero attached hydrogens (tertiary/aromatic N) is 1. The van der Waals surface area contributed by atoms with Crippen molar-refractivity contribution in [1.82, 2.24) is 4.98 Å². The van der Waals surface area contributed by atoms with Crippen LogP contribution in [0.15, 0.2) is 6.07 Å². The van der Waals surface area contributed by atoms with E-state index in [1.54, 1.807) is 0 Å². The van der Waals surface area contributed by atoms with Crippen LogP contribution in [0.3, 0.4) is 0 Å². The second-order valence-electron chi connectivity index (χ2n) is 4.25. The molecular weight excluding hydrogens is 200 g/mol. The van der Waals surface area contributed by atoms with Gasteiger partial charge in [0.25, 0.3) is 0 Å². The van der Waals surface area contributed by atoms with Crippen LogP contribution in [0.4, 0.5) is 0 Å². The van der Waals surface area contributed by atoms with Crippen molar-refractivity contribution in [2.75, 3.05) is 0 Å². The summed E-state index contributed by atoms with van der Waals surface area (Å²) in [5.41, 5.74) is 8.71. The molecule has 0 fully saturated rings. The SMILES string of the molecule is CCCC(C)Oc1cc(C)nc(C)c1CN. The van der Waals surface area contributed by atoms with Crippen molar-refractivity contribution in [3.63, 3.8) is 0 Å². The fraction of sp³-hybridized carbons (Fsp3) is 0.615. The van der Waals surface area contributed by atoms with Gasteiger partial charge in [-0.3, -0.25) is 4.98 Å². The highest BCUT2D eigenvalue weighted by atomic mass is 16.5. The van der Waals surface area contributed by atoms with Crippen LogP contribution in [0, 0.1) is 13.8 Å². The predicted octanol–water partition coefficient (Wildman–Crippen LogP) is 2.72. The fourth-order valence-corrected chi connectivity index (χ4v) is 1.86. The first-order chi connectivity index (χ1) is 7.58. The second-order valence-corrected chi connectivity index (χ2v) is 4.25. The van der Waals surface area contributed by atoms with Crippen molar-refractivity contribution in [3.05, 3.63) is 23.0 Å². The molecule has 0 radical (unpaired) electrons. The van der Waals surface area contributed by atoms with Gasteiger partial charge in [-0.1, -0.05) is 13.3 Å². The lowest BCUT2D eigenvalue weighted by molar-refractivity contribution is 0.207. The summed E-state index contributed by atoms with van der Waals surface area (Å²) in [5.74, 6) is 0.897. The maximum atomic E-state index is 5.92. The molecule has 0 aliphatic carbocycles. The van der Waals surface area contributed by atoms with Gasteiger partial charge in [-0.2, -0.15) is 0 Å². The van der Waals surface area contributed by atoms with Crippen LogP contribution in [0.2, 0.25) is 0 Å². The van der Waals surface area contributed by atoms with E-state index in [1.165, 1.54) is 0 Å². The summed E-state index contributed by atoms with van der Waals surface area (Å²) in [6.07, 6.45) is 2.42. The van der Waals surface area contributed by atoms with E-state index >= 15 is 0 Å². The Morgan fingerprint density at radius 2 is 2.12 bits per heavy atom. The smallest absolute Gasteiger partial charge is 0.127 e. The van der Waals surface area contributed by atoms with Crippen molar-refractivity contribution in [1.29, 1.82) is 0 Å². The molecule has 1 rings (SSSR count). The molecule has 1 aromatic rings. The van der Waals surface area contributed by atoms with Crippen LogP contribution >= 0.6 is 0 Å². The number of nitrogens with two attached hydrogens (primary N) is 1. The average molecular weight is 222 g/mol. The number of rotatable bonds is 5. The van der Waals surface area contributed by atoms with Crippen LogP contribution in [0.5, 0.6) is 5.75 Å². The quantitative estimate of drug-likeness (QED) is 0.833. The van der Waals surface area contributed by atoms with Crippen molar-refractivity contribution in [2.45, 2.75) is 53.2 Å². The molecule has 0 aliphatic rings. The Morgan fingerprint density at radius 1 is 1.44 bits per heavy atom. The molecule has 0 amide bonds. The third-order valence-electron chi connectivity index (χ3n) is 2.65. The molecular formula is C13H22N2O. The van der Waals surface area contributed by atoms with Gasteiger partial charge in [-0.05, 0) is 27.2 Å². The molecule has 3 heteroatoms. The molecule has 1 aromatic heterocycles. The molecule has 1 heterocycles. The van der Waals surface area contributed by atoms with Gasteiger partial charge in [0.05, 0.1) is 6.10 Å². The predicted molar refractivity (Wildman–Crippen MR) is 66.6 cm³/mol. The molecule has 0 aromatic carbocycles. The monoisotopic (exact) mass is 222 g/mol. The minimum absolute atomic E-state index is 0.233. The van der Waals surface area contributed by atoms with Gasteiger partial charge in [-0.25, -0.2) is 0 Å². The lowest BCUT2D eigenvalue weighted by Gasteiger charge is -2.18. The molecule has 1 unspecified atom stereocenters. The van der Waals surface area contributed by atoms with Crippen LogP contribution < -0.4 is 10.5 Å². The Balaban J connectivity index is 2.93. The van der Waals surface area contributed by atoms with Gasteiger partial charge < -0.3 is 10.5 Å². The lowest BCUT2D eigenvalue weighted by Crippen LogP contribution is -2.14. The Labute approximate surface area is 98.0 Å². The number of hydrogen-bond donors (Lipinski definition) is 1. The van der Waals surface area contributed by atoms with E-state index in [4.69, 9.17) is 10.5 Å². The van der Waals surface area contributed by atoms with Gasteiger partial charge in [0, 0.05) is 29.6 Å². The lowest BCUT2D eigenvalue weighted by atomic mass is 10.1. The van der Waals surface area contributed by atoms with E-state index in [9.17, 15) is 0 Å². The number of ether oxygens (including phenoxy) is 1. The van der Waals surface area contributed by atoms with Crippen LogP contribution in [-0.2, 0) is 6.54 Å². The Bertz CT molecular complexity index is 350. The molecule has 0 spiro atoms. The van der Waals surface area contributed by atoms with Gasteiger partial charge in [-0.15, -0.1) is 0 Å². The molecule has 16 heavy (non-hydrogen) atoms. The highest BCUT2D eigenvalue weighted by Crippen LogP contribution is 2.23. The fourth-order valence-electron chi connectivity index (χ4n) is 1.86. The summed E-state index contributed by atoms with van der Waals surface area (Å²) in [5, 5.41) is 0. The Morgan fingerprint density at radius 3 is 2.69 bits per heavy atom. The van der Waals surface area contributed by atoms with E-state index in [0.717, 1.165) is 35.5 Å². The Kier molecular flexibility index (Phi) is 4.74. The van der Waals surface area contributed by atoms with E-state index in [0.29, 0.717) is 6.54 Å². The largest absolute Gasteiger partial charge is 0.490 e. The highest BCUT2D eigenvalue weighted by molar-refractivity contribution is 5.37. The molecule has 90 valence electrons. The van der Waals surface area contributed by atoms with Gasteiger partial charge in [0.2, 0.25) is 0 Å². The molecule has 3 nitrogen and oxygen atoms in total. The van der Waals surface area contributed by atoms with Gasteiger partial charge >= 0.3 is 0 Å². The van der Waals surface area contributed by atoms with E-state index in [-0.39, 0.29) is 6.10 Å². The average Bonchev–Trinajstić information content (AvgIpc) is 2.17. The number of hydrogen-bond acceptors (Lipinski definition) is 3. The maximum Gasteiger partial charge on any atom is 0.127 e. The summed E-state index contributed by atoms with van der Waals surface area (Å²) in [6.45, 7) is 8.69. The number of aryl methyl sites for hydroxylation is 2. The van der Waals surface area contributed by atoms with Crippen molar-refractivity contribution < 1.29 is 4.74 Å². The Hall–Kier alpha value is -1.09. The third-order valence-corrected chi connectivity index (χ3v) is 2.65. The normalized spacial score (nSPS) is 12.6. The molecule has 2 N–H and O–H groups in total. The van der Waals surface area contributed by atoms with Crippen molar-refractivity contribution in [2.24, 2.45) is 5.73 Å². The van der Waals surface area contributed by atoms with E-state index in [1.807, 2.05) is 19.9 Å². The minimum Gasteiger partial charge on any atom is -0.490 e.